The van der Waals surface area contributed by atoms with Gasteiger partial charge in [-0.05, 0) is 18.2 Å². The molecule has 0 aromatic heterocycles. The fraction of sp³-hybridized carbons (Fsp3) is 0.400. The predicted molar refractivity (Wildman–Crippen MR) is 50.4 cm³/mol. The molecule has 0 aliphatic heterocycles. The molecular formula is C10H9F6NO. The second kappa shape index (κ2) is 4.77. The van der Waals surface area contributed by atoms with Gasteiger partial charge in [0.15, 0.2) is 0 Å². The van der Waals surface area contributed by atoms with Gasteiger partial charge in [-0.25, -0.2) is 13.2 Å². The van der Waals surface area contributed by atoms with Crippen LogP contribution in [0, 0.1) is 5.82 Å². The van der Waals surface area contributed by atoms with Crippen LogP contribution in [0.2, 0.25) is 0 Å². The molecule has 0 radical (unpaired) electrons. The fourth-order valence-electron chi connectivity index (χ4n) is 1.28. The molecule has 8 heteroatoms. The van der Waals surface area contributed by atoms with Crippen LogP contribution in [-0.2, 0) is 6.18 Å². The van der Waals surface area contributed by atoms with E-state index in [-0.39, 0.29) is 6.07 Å². The molecular weight excluding hydrogens is 264 g/mol. The topological polar surface area (TPSA) is 46.2 Å². The van der Waals surface area contributed by atoms with Crippen LogP contribution in [0.4, 0.5) is 26.3 Å². The molecule has 0 spiro atoms. The van der Waals surface area contributed by atoms with Gasteiger partial charge in [-0.2, -0.15) is 13.2 Å². The number of rotatable bonds is 3. The lowest BCUT2D eigenvalue weighted by Gasteiger charge is -2.22. The number of benzene rings is 1. The molecule has 0 unspecified atom stereocenters. The third-order valence-electron chi connectivity index (χ3n) is 2.32. The first-order valence-corrected chi connectivity index (χ1v) is 4.70. The number of alkyl halides is 5. The highest BCUT2D eigenvalue weighted by molar-refractivity contribution is 5.30. The van der Waals surface area contributed by atoms with E-state index < -0.39 is 41.7 Å². The Morgan fingerprint density at radius 3 is 2.17 bits per heavy atom. The van der Waals surface area contributed by atoms with Crippen molar-refractivity contribution in [3.05, 3.63) is 35.1 Å². The summed E-state index contributed by atoms with van der Waals surface area (Å²) in [6, 6.07) is -1.32. The van der Waals surface area contributed by atoms with Crippen LogP contribution < -0.4 is 5.73 Å². The number of hydrogen-bond acceptors (Lipinski definition) is 2. The summed E-state index contributed by atoms with van der Waals surface area (Å²) in [6.07, 6.45) is -4.79. The summed E-state index contributed by atoms with van der Waals surface area (Å²) < 4.78 is 76.3. The second-order valence-corrected chi connectivity index (χ2v) is 3.63. The lowest BCUT2D eigenvalue weighted by molar-refractivity contribution is -0.137. The molecule has 0 aliphatic rings. The number of hydrogen-bond donors (Lipinski definition) is 2. The summed E-state index contributed by atoms with van der Waals surface area (Å²) >= 11 is 0. The van der Waals surface area contributed by atoms with Crippen molar-refractivity contribution < 1.29 is 31.4 Å². The molecule has 102 valence electrons. The van der Waals surface area contributed by atoms with Gasteiger partial charge in [0, 0.05) is 5.56 Å². The van der Waals surface area contributed by atoms with Crippen LogP contribution in [0.5, 0.6) is 0 Å². The van der Waals surface area contributed by atoms with Gasteiger partial charge in [0.2, 0.25) is 0 Å². The summed E-state index contributed by atoms with van der Waals surface area (Å²) in [4.78, 5) is 0. The van der Waals surface area contributed by atoms with E-state index in [1.165, 1.54) is 0 Å². The molecule has 1 atom stereocenters. The quantitative estimate of drug-likeness (QED) is 0.831. The monoisotopic (exact) mass is 273 g/mol. The van der Waals surface area contributed by atoms with E-state index in [9.17, 15) is 26.3 Å². The molecule has 0 saturated heterocycles. The maximum atomic E-state index is 13.2. The highest BCUT2D eigenvalue weighted by atomic mass is 19.4. The van der Waals surface area contributed by atoms with Gasteiger partial charge in [0.25, 0.3) is 5.92 Å². The van der Waals surface area contributed by atoms with Crippen molar-refractivity contribution in [1.82, 2.24) is 0 Å². The van der Waals surface area contributed by atoms with Crippen molar-refractivity contribution in [1.29, 1.82) is 0 Å². The molecule has 0 heterocycles. The standard InChI is InChI=1S/C10H9F6NO/c11-7-2-1-5(10(14,15)16)3-6(7)8(17)9(12,13)4-18/h1-3,8,18H,4,17H2/t8-/m0/s1. The summed E-state index contributed by atoms with van der Waals surface area (Å²) in [7, 11) is 0. The Kier molecular flexibility index (Phi) is 3.92. The van der Waals surface area contributed by atoms with Crippen LogP contribution in [-0.4, -0.2) is 17.6 Å². The summed E-state index contributed by atoms with van der Waals surface area (Å²) in [5.74, 6) is -5.20. The molecule has 3 N–H and O–H groups in total. The van der Waals surface area contributed by atoms with Gasteiger partial charge in [0.05, 0.1) is 11.6 Å². The van der Waals surface area contributed by atoms with E-state index in [4.69, 9.17) is 10.8 Å². The zero-order valence-corrected chi connectivity index (χ0v) is 8.81. The first kappa shape index (κ1) is 14.8. The van der Waals surface area contributed by atoms with Gasteiger partial charge in [-0.15, -0.1) is 0 Å². The third kappa shape index (κ3) is 2.94. The zero-order chi connectivity index (χ0) is 14.1. The first-order chi connectivity index (χ1) is 8.09. The van der Waals surface area contributed by atoms with Gasteiger partial charge in [0.1, 0.15) is 12.4 Å². The van der Waals surface area contributed by atoms with Crippen LogP contribution in [0.1, 0.15) is 17.2 Å². The minimum atomic E-state index is -4.79. The minimum Gasteiger partial charge on any atom is -0.390 e. The highest BCUT2D eigenvalue weighted by Gasteiger charge is 2.40. The van der Waals surface area contributed by atoms with E-state index in [0.29, 0.717) is 12.1 Å². The van der Waals surface area contributed by atoms with Crippen molar-refractivity contribution in [2.24, 2.45) is 5.73 Å². The van der Waals surface area contributed by atoms with Crippen LogP contribution in [0.3, 0.4) is 0 Å². The Morgan fingerprint density at radius 1 is 1.17 bits per heavy atom. The molecule has 0 bridgehead atoms. The molecule has 18 heavy (non-hydrogen) atoms. The minimum absolute atomic E-state index is 0.212. The van der Waals surface area contributed by atoms with Crippen LogP contribution >= 0.6 is 0 Å². The Hall–Kier alpha value is -1.28. The average Bonchev–Trinajstić information content (AvgIpc) is 2.27. The van der Waals surface area contributed by atoms with Crippen molar-refractivity contribution in [2.75, 3.05) is 6.61 Å². The second-order valence-electron chi connectivity index (χ2n) is 3.63. The van der Waals surface area contributed by atoms with E-state index in [1.54, 1.807) is 0 Å². The summed E-state index contributed by atoms with van der Waals surface area (Å²) in [5, 5.41) is 8.37. The Labute approximate surface area is 98.0 Å². The largest absolute Gasteiger partial charge is 0.416 e. The van der Waals surface area contributed by atoms with E-state index >= 15 is 0 Å². The molecule has 0 amide bonds. The third-order valence-corrected chi connectivity index (χ3v) is 2.32. The van der Waals surface area contributed by atoms with Crippen molar-refractivity contribution in [2.45, 2.75) is 18.1 Å². The maximum absolute atomic E-state index is 13.2. The molecule has 0 fully saturated rings. The lowest BCUT2D eigenvalue weighted by Crippen LogP contribution is -2.37. The first-order valence-electron chi connectivity index (χ1n) is 4.70. The maximum Gasteiger partial charge on any atom is 0.416 e. The van der Waals surface area contributed by atoms with Crippen LogP contribution in [0.25, 0.3) is 0 Å². The van der Waals surface area contributed by atoms with Crippen LogP contribution in [0.15, 0.2) is 18.2 Å². The smallest absolute Gasteiger partial charge is 0.390 e. The average molecular weight is 273 g/mol. The molecule has 0 saturated carbocycles. The number of nitrogens with two attached hydrogens (primary N) is 1. The Bertz CT molecular complexity index is 431. The van der Waals surface area contributed by atoms with Gasteiger partial charge in [-0.3, -0.25) is 0 Å². The number of aliphatic hydroxyl groups is 1. The van der Waals surface area contributed by atoms with Gasteiger partial charge < -0.3 is 10.8 Å². The fourth-order valence-corrected chi connectivity index (χ4v) is 1.28. The lowest BCUT2D eigenvalue weighted by atomic mass is 9.99. The molecule has 0 aliphatic carbocycles. The SMILES string of the molecule is N[C@@H](c1cc(C(F)(F)F)ccc1F)C(F)(F)CO. The van der Waals surface area contributed by atoms with Crippen molar-refractivity contribution in [3.8, 4) is 0 Å². The predicted octanol–water partition coefficient (Wildman–Crippen LogP) is 2.47. The summed E-state index contributed by atoms with van der Waals surface area (Å²) in [6.45, 7) is -1.69. The van der Waals surface area contributed by atoms with Gasteiger partial charge in [-0.1, -0.05) is 0 Å². The Morgan fingerprint density at radius 2 is 1.72 bits per heavy atom. The van der Waals surface area contributed by atoms with E-state index in [2.05, 4.69) is 0 Å². The molecule has 1 aromatic carbocycles. The van der Waals surface area contributed by atoms with E-state index in [1.807, 2.05) is 0 Å². The zero-order valence-electron chi connectivity index (χ0n) is 8.81. The molecule has 2 nitrogen and oxygen atoms in total. The van der Waals surface area contributed by atoms with Crippen molar-refractivity contribution >= 4 is 0 Å². The molecule has 1 aromatic rings. The number of halogens is 6. The highest BCUT2D eigenvalue weighted by Crippen LogP contribution is 2.35. The summed E-state index contributed by atoms with van der Waals surface area (Å²) in [5.41, 5.74) is 2.69. The van der Waals surface area contributed by atoms with Crippen molar-refractivity contribution in [3.63, 3.8) is 0 Å². The Balaban J connectivity index is 3.24. The molecule has 1 rings (SSSR count). The van der Waals surface area contributed by atoms with Gasteiger partial charge >= 0.3 is 6.18 Å². The number of aliphatic hydroxyl groups excluding tert-OH is 1. The normalized spacial score (nSPS) is 14.7. The van der Waals surface area contributed by atoms with E-state index in [0.717, 1.165) is 0 Å².